The molecular formula is C17H16ClFN2O3. The summed E-state index contributed by atoms with van der Waals surface area (Å²) < 4.78 is 18.3. The van der Waals surface area contributed by atoms with Crippen LogP contribution in [0.15, 0.2) is 47.6 Å². The molecule has 0 spiro atoms. The van der Waals surface area contributed by atoms with Crippen LogP contribution in [-0.4, -0.2) is 25.3 Å². The van der Waals surface area contributed by atoms with Crippen molar-refractivity contribution >= 4 is 29.4 Å². The second-order valence-electron chi connectivity index (χ2n) is 4.69. The molecule has 0 bridgehead atoms. The summed E-state index contributed by atoms with van der Waals surface area (Å²) in [6.45, 7) is 2.24. The average molecular weight is 351 g/mol. The number of carbonyl (C=O) groups is 1. The van der Waals surface area contributed by atoms with E-state index in [-0.39, 0.29) is 11.6 Å². The summed E-state index contributed by atoms with van der Waals surface area (Å²) in [6, 6.07) is 11.2. The first-order chi connectivity index (χ1) is 11.6. The van der Waals surface area contributed by atoms with Crippen molar-refractivity contribution in [2.75, 3.05) is 18.5 Å². The molecule has 2 aromatic rings. The fraction of sp³-hybridized carbons (Fsp3) is 0.176. The molecule has 0 fully saturated rings. The highest BCUT2D eigenvalue weighted by Gasteiger charge is 2.05. The van der Waals surface area contributed by atoms with Gasteiger partial charge in [0, 0.05) is 5.69 Å². The molecule has 2 rings (SSSR count). The predicted octanol–water partition coefficient (Wildman–Crippen LogP) is 3.87. The zero-order chi connectivity index (χ0) is 17.4. The number of carbonyl (C=O) groups excluding carboxylic acids is 1. The number of nitrogens with one attached hydrogen (secondary N) is 1. The average Bonchev–Trinajstić information content (AvgIpc) is 2.57. The van der Waals surface area contributed by atoms with Crippen molar-refractivity contribution in [1.29, 1.82) is 0 Å². The first-order valence-electron chi connectivity index (χ1n) is 7.21. The Balaban J connectivity index is 1.78. The van der Waals surface area contributed by atoms with Gasteiger partial charge in [0.15, 0.2) is 6.61 Å². The van der Waals surface area contributed by atoms with E-state index in [0.29, 0.717) is 12.3 Å². The number of benzene rings is 2. The van der Waals surface area contributed by atoms with E-state index in [1.807, 2.05) is 31.2 Å². The van der Waals surface area contributed by atoms with Gasteiger partial charge in [-0.15, -0.1) is 0 Å². The molecule has 0 heterocycles. The van der Waals surface area contributed by atoms with E-state index in [9.17, 15) is 9.18 Å². The summed E-state index contributed by atoms with van der Waals surface area (Å²) in [5, 5.41) is 6.18. The zero-order valence-corrected chi connectivity index (χ0v) is 13.7. The van der Waals surface area contributed by atoms with Gasteiger partial charge in [0.2, 0.25) is 0 Å². The highest BCUT2D eigenvalue weighted by Crippen LogP contribution is 2.19. The maximum Gasteiger partial charge on any atom is 0.265 e. The third-order valence-corrected chi connectivity index (χ3v) is 3.16. The number of hydrogen-bond acceptors (Lipinski definition) is 4. The first-order valence-corrected chi connectivity index (χ1v) is 7.59. The molecule has 1 N–H and O–H groups in total. The van der Waals surface area contributed by atoms with Crippen LogP contribution in [0.2, 0.25) is 5.02 Å². The lowest BCUT2D eigenvalue weighted by atomic mass is 10.2. The number of oxime groups is 1. The standard InChI is InChI=1S/C17H16ClFN2O3/c1-2-23-14-6-3-12(4-7-14)10-20-24-11-17(22)21-13-5-8-16(19)15(18)9-13/h3-10H,2,11H2,1H3,(H,21,22)/b20-10+. The van der Waals surface area contributed by atoms with E-state index in [0.717, 1.165) is 11.3 Å². The van der Waals surface area contributed by atoms with Crippen molar-refractivity contribution in [3.8, 4) is 5.75 Å². The Bertz CT molecular complexity index is 720. The van der Waals surface area contributed by atoms with Crippen LogP contribution >= 0.6 is 11.6 Å². The Kier molecular flexibility index (Phi) is 6.57. The number of amides is 1. The van der Waals surface area contributed by atoms with E-state index in [1.165, 1.54) is 24.4 Å². The van der Waals surface area contributed by atoms with Crippen LogP contribution in [0.3, 0.4) is 0 Å². The fourth-order valence-corrected chi connectivity index (χ4v) is 1.96. The fourth-order valence-electron chi connectivity index (χ4n) is 1.78. The predicted molar refractivity (Wildman–Crippen MR) is 91.2 cm³/mol. The molecule has 0 radical (unpaired) electrons. The lowest BCUT2D eigenvalue weighted by Crippen LogP contribution is -2.17. The van der Waals surface area contributed by atoms with Gasteiger partial charge in [0.1, 0.15) is 11.6 Å². The van der Waals surface area contributed by atoms with Gasteiger partial charge in [-0.2, -0.15) is 0 Å². The summed E-state index contributed by atoms with van der Waals surface area (Å²) in [5.74, 6) is -0.208. The van der Waals surface area contributed by atoms with Crippen molar-refractivity contribution < 1.29 is 18.8 Å². The molecule has 2 aromatic carbocycles. The van der Waals surface area contributed by atoms with E-state index < -0.39 is 11.7 Å². The quantitative estimate of drug-likeness (QED) is 0.609. The van der Waals surface area contributed by atoms with Crippen molar-refractivity contribution in [3.05, 3.63) is 58.9 Å². The van der Waals surface area contributed by atoms with Crippen molar-refractivity contribution in [2.45, 2.75) is 6.92 Å². The Morgan fingerprint density at radius 1 is 1.29 bits per heavy atom. The molecule has 0 atom stereocenters. The summed E-state index contributed by atoms with van der Waals surface area (Å²) in [6.07, 6.45) is 1.48. The molecular weight excluding hydrogens is 335 g/mol. The van der Waals surface area contributed by atoms with E-state index in [4.69, 9.17) is 21.2 Å². The number of rotatable bonds is 7. The summed E-state index contributed by atoms with van der Waals surface area (Å²) in [7, 11) is 0. The summed E-state index contributed by atoms with van der Waals surface area (Å²) in [5.41, 5.74) is 1.19. The molecule has 0 aliphatic rings. The second kappa shape index (κ2) is 8.88. The normalized spacial score (nSPS) is 10.6. The molecule has 7 heteroatoms. The Hall–Kier alpha value is -2.60. The van der Waals surface area contributed by atoms with Crippen LogP contribution in [0.4, 0.5) is 10.1 Å². The summed E-state index contributed by atoms with van der Waals surface area (Å²) in [4.78, 5) is 16.6. The zero-order valence-electron chi connectivity index (χ0n) is 13.0. The molecule has 0 unspecified atom stereocenters. The second-order valence-corrected chi connectivity index (χ2v) is 5.09. The third kappa shape index (κ3) is 5.55. The minimum atomic E-state index is -0.550. The monoisotopic (exact) mass is 350 g/mol. The van der Waals surface area contributed by atoms with E-state index in [1.54, 1.807) is 0 Å². The largest absolute Gasteiger partial charge is 0.494 e. The van der Waals surface area contributed by atoms with Crippen LogP contribution < -0.4 is 10.1 Å². The number of nitrogens with zero attached hydrogens (tertiary/aromatic N) is 1. The number of anilines is 1. The van der Waals surface area contributed by atoms with Crippen molar-refractivity contribution in [1.82, 2.24) is 0 Å². The van der Waals surface area contributed by atoms with E-state index >= 15 is 0 Å². The van der Waals surface area contributed by atoms with Gasteiger partial charge in [0.05, 0.1) is 17.8 Å². The molecule has 24 heavy (non-hydrogen) atoms. The maximum absolute atomic E-state index is 13.0. The molecule has 126 valence electrons. The van der Waals surface area contributed by atoms with Gasteiger partial charge < -0.3 is 14.9 Å². The molecule has 0 aromatic heterocycles. The van der Waals surface area contributed by atoms with Gasteiger partial charge in [-0.05, 0) is 55.0 Å². The number of ether oxygens (including phenoxy) is 1. The minimum absolute atomic E-state index is 0.0674. The van der Waals surface area contributed by atoms with Gasteiger partial charge >= 0.3 is 0 Å². The maximum atomic E-state index is 13.0. The lowest BCUT2D eigenvalue weighted by Gasteiger charge is -2.05. The SMILES string of the molecule is CCOc1ccc(/C=N/OCC(=O)Nc2ccc(F)c(Cl)c2)cc1. The molecule has 0 saturated heterocycles. The van der Waals surface area contributed by atoms with Crippen LogP contribution in [-0.2, 0) is 9.63 Å². The summed E-state index contributed by atoms with van der Waals surface area (Å²) >= 11 is 5.63. The van der Waals surface area contributed by atoms with Crippen LogP contribution in [0.1, 0.15) is 12.5 Å². The first kappa shape index (κ1) is 17.7. The molecule has 0 aliphatic heterocycles. The van der Waals surface area contributed by atoms with Crippen LogP contribution in [0.5, 0.6) is 5.75 Å². The molecule has 1 amide bonds. The van der Waals surface area contributed by atoms with Gasteiger partial charge in [-0.25, -0.2) is 4.39 Å². The smallest absolute Gasteiger partial charge is 0.265 e. The Labute approximate surface area is 144 Å². The van der Waals surface area contributed by atoms with Crippen molar-refractivity contribution in [2.24, 2.45) is 5.16 Å². The molecule has 0 saturated carbocycles. The number of hydrogen-bond donors (Lipinski definition) is 1. The minimum Gasteiger partial charge on any atom is -0.494 e. The Morgan fingerprint density at radius 2 is 2.04 bits per heavy atom. The van der Waals surface area contributed by atoms with Gasteiger partial charge in [-0.1, -0.05) is 16.8 Å². The third-order valence-electron chi connectivity index (χ3n) is 2.87. The van der Waals surface area contributed by atoms with E-state index in [2.05, 4.69) is 10.5 Å². The lowest BCUT2D eigenvalue weighted by molar-refractivity contribution is -0.120. The van der Waals surface area contributed by atoms with Crippen LogP contribution in [0, 0.1) is 5.82 Å². The van der Waals surface area contributed by atoms with Crippen molar-refractivity contribution in [3.63, 3.8) is 0 Å². The van der Waals surface area contributed by atoms with Gasteiger partial charge in [-0.3, -0.25) is 4.79 Å². The number of halogens is 2. The Morgan fingerprint density at radius 3 is 2.71 bits per heavy atom. The molecule has 0 aliphatic carbocycles. The highest BCUT2D eigenvalue weighted by atomic mass is 35.5. The topological polar surface area (TPSA) is 59.9 Å². The highest BCUT2D eigenvalue weighted by molar-refractivity contribution is 6.31. The van der Waals surface area contributed by atoms with Gasteiger partial charge in [0.25, 0.3) is 5.91 Å². The molecule has 5 nitrogen and oxygen atoms in total. The van der Waals surface area contributed by atoms with Crippen LogP contribution in [0.25, 0.3) is 0 Å².